The van der Waals surface area contributed by atoms with Crippen LogP contribution < -0.4 is 5.32 Å². The number of nitrogens with zero attached hydrogens (tertiary/aromatic N) is 2. The molecule has 2 N–H and O–H groups in total. The molecule has 7 heteroatoms. The fraction of sp³-hybridized carbons (Fsp3) is 0.692. The number of carbonyl (C=O) groups is 1. The highest BCUT2D eigenvalue weighted by Crippen LogP contribution is 2.43. The minimum Gasteiger partial charge on any atom is -0.382 e. The number of aryl methyl sites for hydroxylation is 1. The molecule has 0 aliphatic carbocycles. The first-order chi connectivity index (χ1) is 16.0. The summed E-state index contributed by atoms with van der Waals surface area (Å²) in [6.07, 6.45) is 8.06. The Kier molecular flexibility index (Phi) is 8.04. The van der Waals surface area contributed by atoms with E-state index in [1.807, 2.05) is 0 Å². The lowest BCUT2D eigenvalue weighted by Crippen LogP contribution is -2.54. The summed E-state index contributed by atoms with van der Waals surface area (Å²) in [6, 6.07) is 9.36. The molecule has 1 aromatic carbocycles. The maximum absolute atomic E-state index is 12.4. The first-order valence-corrected chi connectivity index (χ1v) is 12.6. The van der Waals surface area contributed by atoms with Gasteiger partial charge in [0.1, 0.15) is 5.84 Å². The standard InChI is InChI=1S/C26H40N4O3/c1-20-8-3-4-9-21(20)18-33-26(19-32-2)16-22-11-12-23(17-26)29(22)15-7-13-28-25(31)30-14-6-5-10-24(30)27/h3-4,8-9,22-23,27H,5-7,10-19H2,1-2H3,(H,28,31). The highest BCUT2D eigenvalue weighted by Gasteiger charge is 2.48. The Balaban J connectivity index is 1.27. The normalized spacial score (nSPS) is 27.7. The van der Waals surface area contributed by atoms with Gasteiger partial charge in [0.05, 0.1) is 18.8 Å². The van der Waals surface area contributed by atoms with E-state index in [1.54, 1.807) is 12.0 Å². The fourth-order valence-corrected chi connectivity index (χ4v) is 5.91. The van der Waals surface area contributed by atoms with E-state index in [2.05, 4.69) is 41.4 Å². The number of hydrogen-bond donors (Lipinski definition) is 2. The minimum atomic E-state index is -0.220. The van der Waals surface area contributed by atoms with Gasteiger partial charge in [0.2, 0.25) is 0 Å². The Morgan fingerprint density at radius 3 is 2.67 bits per heavy atom. The van der Waals surface area contributed by atoms with E-state index < -0.39 is 0 Å². The van der Waals surface area contributed by atoms with Crippen LogP contribution in [0, 0.1) is 12.3 Å². The van der Waals surface area contributed by atoms with Crippen molar-refractivity contribution in [2.24, 2.45) is 0 Å². The van der Waals surface area contributed by atoms with Crippen LogP contribution in [0.1, 0.15) is 62.5 Å². The molecule has 4 rings (SSSR count). The van der Waals surface area contributed by atoms with Crippen LogP contribution in [0.4, 0.5) is 4.79 Å². The maximum Gasteiger partial charge on any atom is 0.322 e. The molecule has 2 amide bonds. The highest BCUT2D eigenvalue weighted by molar-refractivity contribution is 5.96. The smallest absolute Gasteiger partial charge is 0.322 e. The second kappa shape index (κ2) is 11.0. The van der Waals surface area contributed by atoms with E-state index in [4.69, 9.17) is 14.9 Å². The number of piperidine rings is 2. The van der Waals surface area contributed by atoms with E-state index in [9.17, 15) is 4.79 Å². The molecule has 2 bridgehead atoms. The maximum atomic E-state index is 12.4. The third kappa shape index (κ3) is 5.76. The Labute approximate surface area is 198 Å². The Morgan fingerprint density at radius 2 is 1.97 bits per heavy atom. The van der Waals surface area contributed by atoms with Crippen molar-refractivity contribution < 1.29 is 14.3 Å². The molecule has 3 aliphatic heterocycles. The van der Waals surface area contributed by atoms with Gasteiger partial charge >= 0.3 is 6.03 Å². The van der Waals surface area contributed by atoms with Crippen molar-refractivity contribution in [1.29, 1.82) is 5.41 Å². The number of fused-ring (bicyclic) bond motifs is 2. The first-order valence-electron chi connectivity index (χ1n) is 12.6. The van der Waals surface area contributed by atoms with Gasteiger partial charge in [-0.25, -0.2) is 4.79 Å². The summed E-state index contributed by atoms with van der Waals surface area (Å²) in [7, 11) is 1.78. The molecular weight excluding hydrogens is 416 g/mol. The molecule has 3 heterocycles. The molecule has 33 heavy (non-hydrogen) atoms. The molecule has 3 fully saturated rings. The van der Waals surface area contributed by atoms with E-state index in [0.717, 1.165) is 38.6 Å². The van der Waals surface area contributed by atoms with E-state index in [1.165, 1.54) is 24.0 Å². The third-order valence-electron chi connectivity index (χ3n) is 7.67. The van der Waals surface area contributed by atoms with Crippen LogP contribution in [0.2, 0.25) is 0 Å². The summed E-state index contributed by atoms with van der Waals surface area (Å²) >= 11 is 0. The summed E-state index contributed by atoms with van der Waals surface area (Å²) < 4.78 is 12.2. The molecule has 0 aromatic heterocycles. The van der Waals surface area contributed by atoms with Crippen LogP contribution in [0.15, 0.2) is 24.3 Å². The third-order valence-corrected chi connectivity index (χ3v) is 7.67. The van der Waals surface area contributed by atoms with Crippen LogP contribution in [0.3, 0.4) is 0 Å². The Morgan fingerprint density at radius 1 is 1.21 bits per heavy atom. The average molecular weight is 457 g/mol. The van der Waals surface area contributed by atoms with Crippen molar-refractivity contribution in [1.82, 2.24) is 15.1 Å². The van der Waals surface area contributed by atoms with Gasteiger partial charge in [-0.15, -0.1) is 0 Å². The van der Waals surface area contributed by atoms with Crippen molar-refractivity contribution >= 4 is 11.9 Å². The zero-order valence-electron chi connectivity index (χ0n) is 20.3. The quantitative estimate of drug-likeness (QED) is 0.549. The molecule has 2 unspecified atom stereocenters. The lowest BCUT2D eigenvalue weighted by atomic mass is 9.86. The minimum absolute atomic E-state index is 0.106. The number of methoxy groups -OCH3 is 1. The SMILES string of the molecule is COCC1(OCc2ccccc2C)CC2CCC(C1)N2CCCNC(=O)N1CCCCC1=N. The van der Waals surface area contributed by atoms with E-state index >= 15 is 0 Å². The van der Waals surface area contributed by atoms with E-state index in [-0.39, 0.29) is 11.6 Å². The number of urea groups is 1. The predicted molar refractivity (Wildman–Crippen MR) is 130 cm³/mol. The van der Waals surface area contributed by atoms with E-state index in [0.29, 0.717) is 50.6 Å². The summed E-state index contributed by atoms with van der Waals surface area (Å²) in [5, 5.41) is 11.0. The average Bonchev–Trinajstić information content (AvgIpc) is 3.05. The highest BCUT2D eigenvalue weighted by atomic mass is 16.5. The van der Waals surface area contributed by atoms with Gasteiger partial charge in [0, 0.05) is 45.2 Å². The van der Waals surface area contributed by atoms with Crippen molar-refractivity contribution in [3.8, 4) is 0 Å². The van der Waals surface area contributed by atoms with Gasteiger partial charge in [0.25, 0.3) is 0 Å². The van der Waals surface area contributed by atoms with Crippen LogP contribution in [-0.2, 0) is 16.1 Å². The number of nitrogens with one attached hydrogen (secondary N) is 2. The molecule has 0 saturated carbocycles. The zero-order chi connectivity index (χ0) is 23.3. The van der Waals surface area contributed by atoms with Crippen LogP contribution in [0.25, 0.3) is 0 Å². The monoisotopic (exact) mass is 456 g/mol. The largest absolute Gasteiger partial charge is 0.382 e. The number of amides is 2. The fourth-order valence-electron chi connectivity index (χ4n) is 5.91. The number of rotatable bonds is 9. The van der Waals surface area contributed by atoms with Gasteiger partial charge in [-0.3, -0.25) is 15.2 Å². The van der Waals surface area contributed by atoms with Gasteiger partial charge < -0.3 is 14.8 Å². The lowest BCUT2D eigenvalue weighted by Gasteiger charge is -2.46. The van der Waals surface area contributed by atoms with Gasteiger partial charge in [-0.1, -0.05) is 24.3 Å². The van der Waals surface area contributed by atoms with Crippen molar-refractivity contribution in [3.63, 3.8) is 0 Å². The number of likely N-dealkylation sites (tertiary alicyclic amines) is 1. The molecule has 0 radical (unpaired) electrons. The first kappa shape index (κ1) is 24.2. The number of amidine groups is 1. The van der Waals surface area contributed by atoms with Crippen LogP contribution in [0.5, 0.6) is 0 Å². The molecule has 7 nitrogen and oxygen atoms in total. The summed E-state index contributed by atoms with van der Waals surface area (Å²) in [5.41, 5.74) is 2.30. The molecule has 0 spiro atoms. The predicted octanol–water partition coefficient (Wildman–Crippen LogP) is 4.09. The summed E-state index contributed by atoms with van der Waals surface area (Å²) in [5.74, 6) is 0.452. The second-order valence-corrected chi connectivity index (χ2v) is 10.0. The summed E-state index contributed by atoms with van der Waals surface area (Å²) in [4.78, 5) is 16.6. The van der Waals surface area contributed by atoms with Crippen molar-refractivity contribution in [3.05, 3.63) is 35.4 Å². The number of carbonyl (C=O) groups excluding carboxylic acids is 1. The van der Waals surface area contributed by atoms with Crippen molar-refractivity contribution in [2.45, 2.75) is 82.6 Å². The topological polar surface area (TPSA) is 77.9 Å². The summed E-state index contributed by atoms with van der Waals surface area (Å²) in [6.45, 7) is 5.73. The Hall–Kier alpha value is -1.96. The zero-order valence-corrected chi connectivity index (χ0v) is 20.3. The van der Waals surface area contributed by atoms with Crippen molar-refractivity contribution in [2.75, 3.05) is 33.4 Å². The number of benzene rings is 1. The van der Waals surface area contributed by atoms with Crippen LogP contribution in [-0.4, -0.2) is 72.7 Å². The molecule has 182 valence electrons. The van der Waals surface area contributed by atoms with Gasteiger partial charge in [0.15, 0.2) is 0 Å². The molecule has 3 saturated heterocycles. The van der Waals surface area contributed by atoms with Gasteiger partial charge in [-0.05, 0) is 63.0 Å². The number of ether oxygens (including phenoxy) is 2. The van der Waals surface area contributed by atoms with Crippen LogP contribution >= 0.6 is 0 Å². The lowest BCUT2D eigenvalue weighted by molar-refractivity contribution is -0.143. The molecular formula is C26H40N4O3. The molecule has 3 aliphatic rings. The van der Waals surface area contributed by atoms with Gasteiger partial charge in [-0.2, -0.15) is 0 Å². The molecule has 1 aromatic rings. The second-order valence-electron chi connectivity index (χ2n) is 10.0. The Bertz CT molecular complexity index is 816. The molecule has 2 atom stereocenters. The number of hydrogen-bond acceptors (Lipinski definition) is 5.